The molecule has 0 radical (unpaired) electrons. The van der Waals surface area contributed by atoms with E-state index in [1.54, 1.807) is 0 Å². The molecule has 0 aliphatic rings. The first-order valence-electron chi connectivity index (χ1n) is 24.6. The summed E-state index contributed by atoms with van der Waals surface area (Å²) in [6.07, 6.45) is 1.89. The molecule has 0 saturated heterocycles. The molecule has 4 aromatic heterocycles. The second-order valence-corrected chi connectivity index (χ2v) is 21.0. The Morgan fingerprint density at radius 1 is 0.386 bits per heavy atom. The average Bonchev–Trinajstić information content (AvgIpc) is 4.17. The highest BCUT2D eigenvalue weighted by molar-refractivity contribution is 7.17. The van der Waals surface area contributed by atoms with Gasteiger partial charge in [0.1, 0.15) is 0 Å². The highest BCUT2D eigenvalue weighted by Gasteiger charge is 2.26. The zero-order chi connectivity index (χ0) is 47.9. The maximum Gasteiger partial charge on any atom is 0.0804 e. The summed E-state index contributed by atoms with van der Waals surface area (Å²) in [5, 5.41) is 9.45. The molecular weight excluding hydrogens is 889 g/mol. The molecule has 0 saturated carbocycles. The molecule has 6 heteroatoms. The van der Waals surface area contributed by atoms with Gasteiger partial charge in [-0.05, 0) is 230 Å². The summed E-state index contributed by atoms with van der Waals surface area (Å²) in [5.41, 5.74) is 24.6. The molecule has 0 N–H and O–H groups in total. The summed E-state index contributed by atoms with van der Waals surface area (Å²) in [7, 11) is 0. The minimum absolute atomic E-state index is 0.947. The van der Waals surface area contributed by atoms with Gasteiger partial charge >= 0.3 is 0 Å². The zero-order valence-corrected chi connectivity index (χ0v) is 42.8. The summed E-state index contributed by atoms with van der Waals surface area (Å²) in [4.78, 5) is 4.93. The van der Waals surface area contributed by atoms with Gasteiger partial charge in [0, 0.05) is 54.3 Å². The van der Waals surface area contributed by atoms with E-state index in [-0.39, 0.29) is 0 Å². The van der Waals surface area contributed by atoms with Gasteiger partial charge in [-0.3, -0.25) is 0 Å². The third kappa shape index (κ3) is 7.07. The predicted octanol–water partition coefficient (Wildman–Crippen LogP) is 19.1. The van der Waals surface area contributed by atoms with Gasteiger partial charge in [-0.2, -0.15) is 0 Å². The minimum Gasteiger partial charge on any atom is -0.310 e. The molecule has 0 bridgehead atoms. The Labute approximate surface area is 418 Å². The summed E-state index contributed by atoms with van der Waals surface area (Å²) in [6.45, 7) is 17.8. The number of aromatic nitrogens is 2. The highest BCUT2D eigenvalue weighted by atomic mass is 32.1. The minimum atomic E-state index is 0.947. The lowest BCUT2D eigenvalue weighted by Gasteiger charge is -2.30. The number of fused-ring (bicyclic) bond motifs is 7. The number of para-hydroxylation sites is 2. The van der Waals surface area contributed by atoms with Gasteiger partial charge in [0.25, 0.3) is 0 Å². The van der Waals surface area contributed by atoms with Crippen molar-refractivity contribution in [3.63, 3.8) is 0 Å². The second-order valence-electron chi connectivity index (χ2n) is 19.1. The number of nitrogens with zero attached hydrogens (tertiary/aromatic N) is 4. The van der Waals surface area contributed by atoms with E-state index in [9.17, 15) is 0 Å². The van der Waals surface area contributed by atoms with Crippen LogP contribution in [0.2, 0.25) is 0 Å². The van der Waals surface area contributed by atoms with E-state index in [4.69, 9.17) is 0 Å². The Balaban J connectivity index is 1.09. The van der Waals surface area contributed by atoms with Crippen molar-refractivity contribution in [2.24, 2.45) is 0 Å². The van der Waals surface area contributed by atoms with Crippen LogP contribution in [-0.2, 0) is 12.8 Å². The molecule has 0 aliphatic carbocycles. The van der Waals surface area contributed by atoms with Crippen LogP contribution in [0.1, 0.15) is 58.4 Å². The summed E-state index contributed by atoms with van der Waals surface area (Å²) in [5.74, 6) is 0. The predicted molar refractivity (Wildman–Crippen MR) is 305 cm³/mol. The quantitative estimate of drug-likeness (QED) is 0.136. The fourth-order valence-electron chi connectivity index (χ4n) is 10.9. The highest BCUT2D eigenvalue weighted by Crippen LogP contribution is 2.47. The first-order chi connectivity index (χ1) is 34.1. The van der Waals surface area contributed by atoms with Crippen LogP contribution in [0.25, 0.3) is 64.4 Å². The van der Waals surface area contributed by atoms with Crippen LogP contribution in [0.3, 0.4) is 0 Å². The number of aryl methyl sites for hydroxylation is 8. The monoisotopic (exact) mass is 944 g/mol. The molecule has 0 spiro atoms. The maximum absolute atomic E-state index is 2.54. The molecule has 344 valence electrons. The largest absolute Gasteiger partial charge is 0.310 e. The van der Waals surface area contributed by atoms with Crippen molar-refractivity contribution in [2.45, 2.75) is 68.2 Å². The SMILES string of the molecule is CCc1cccc(C)c1N(c1ccc(-n2c3cc4ccsc4cc3c3c2c2cc4sccc4cc2n3-c2ccc(N(c3ccc(C)c(C)c3)c3c(C)cccc3CC)cc2)cc1)c1ccc(C)c(C)c1. The lowest BCUT2D eigenvalue weighted by atomic mass is 10.0. The summed E-state index contributed by atoms with van der Waals surface area (Å²) >= 11 is 3.63. The van der Waals surface area contributed by atoms with Crippen LogP contribution in [0.15, 0.2) is 168 Å². The molecule has 0 aliphatic heterocycles. The van der Waals surface area contributed by atoms with Crippen molar-refractivity contribution in [3.8, 4) is 11.4 Å². The van der Waals surface area contributed by atoms with Crippen molar-refractivity contribution < 1.29 is 0 Å². The van der Waals surface area contributed by atoms with Gasteiger partial charge in [-0.1, -0.05) is 62.4 Å². The van der Waals surface area contributed by atoms with Gasteiger partial charge in [-0.15, -0.1) is 22.7 Å². The first kappa shape index (κ1) is 43.9. The lowest BCUT2D eigenvalue weighted by molar-refractivity contribution is 1.10. The Bertz CT molecular complexity index is 3730. The van der Waals surface area contributed by atoms with Crippen LogP contribution in [0.4, 0.5) is 34.1 Å². The third-order valence-corrected chi connectivity index (χ3v) is 16.6. The first-order valence-corrected chi connectivity index (χ1v) is 26.4. The van der Waals surface area contributed by atoms with Gasteiger partial charge in [0.05, 0.1) is 33.4 Å². The molecule has 4 heterocycles. The van der Waals surface area contributed by atoms with Gasteiger partial charge in [0.15, 0.2) is 0 Å². The average molecular weight is 945 g/mol. The molecular formula is C64H56N4S2. The van der Waals surface area contributed by atoms with E-state index in [0.29, 0.717) is 0 Å². The van der Waals surface area contributed by atoms with Crippen molar-refractivity contribution in [1.29, 1.82) is 0 Å². The molecule has 8 aromatic carbocycles. The van der Waals surface area contributed by atoms with Crippen LogP contribution < -0.4 is 9.80 Å². The molecule has 12 rings (SSSR count). The van der Waals surface area contributed by atoms with Crippen LogP contribution in [-0.4, -0.2) is 9.13 Å². The van der Waals surface area contributed by atoms with Crippen LogP contribution >= 0.6 is 22.7 Å². The molecule has 70 heavy (non-hydrogen) atoms. The Hall–Kier alpha value is -7.38. The van der Waals surface area contributed by atoms with Crippen molar-refractivity contribution in [2.75, 3.05) is 9.80 Å². The van der Waals surface area contributed by atoms with E-state index < -0.39 is 0 Å². The normalized spacial score (nSPS) is 11.8. The lowest BCUT2D eigenvalue weighted by Crippen LogP contribution is -2.14. The molecule has 0 unspecified atom stereocenters. The van der Waals surface area contributed by atoms with Gasteiger partial charge in [-0.25, -0.2) is 0 Å². The number of thiophene rings is 2. The number of anilines is 6. The smallest absolute Gasteiger partial charge is 0.0804 e. The van der Waals surface area contributed by atoms with Crippen LogP contribution in [0.5, 0.6) is 0 Å². The van der Waals surface area contributed by atoms with E-state index in [1.807, 2.05) is 22.7 Å². The topological polar surface area (TPSA) is 16.3 Å². The van der Waals surface area contributed by atoms with Crippen molar-refractivity contribution in [3.05, 3.63) is 213 Å². The number of hydrogen-bond acceptors (Lipinski definition) is 4. The Kier molecular flexibility index (Phi) is 10.8. The third-order valence-electron chi connectivity index (χ3n) is 14.9. The molecule has 0 fully saturated rings. The Morgan fingerprint density at radius 2 is 0.786 bits per heavy atom. The van der Waals surface area contributed by atoms with Gasteiger partial charge in [0.2, 0.25) is 0 Å². The van der Waals surface area contributed by atoms with Gasteiger partial charge < -0.3 is 18.9 Å². The fraction of sp³-hybridized carbons (Fsp3) is 0.156. The number of rotatable bonds is 10. The van der Waals surface area contributed by atoms with E-state index in [0.717, 1.165) is 35.6 Å². The van der Waals surface area contributed by atoms with E-state index >= 15 is 0 Å². The van der Waals surface area contributed by atoms with E-state index in [2.05, 4.69) is 243 Å². The molecule has 4 nitrogen and oxygen atoms in total. The summed E-state index contributed by atoms with van der Waals surface area (Å²) in [6, 6.07) is 60.0. The van der Waals surface area contributed by atoms with E-state index in [1.165, 1.54) is 120 Å². The molecule has 12 aromatic rings. The molecule has 0 amide bonds. The standard InChI is InChI=1S/C64H56N4S2/c1-9-45-15-11-13-41(5)61(45)65(53-19-17-39(3)43(7)33-53)49-21-25-51(26-22-49)67-57-35-47-29-31-69-59(47)37-55(57)64-63(67)56-38-60-48(30-32-70-60)36-58(56)68(64)52-27-23-50(24-28-52)66(54-20-18-40(4)44(8)34-54)62-42(6)14-12-16-46(62)10-2/h11-38H,9-10H2,1-8H3. The number of hydrogen-bond donors (Lipinski definition) is 0. The summed E-state index contributed by atoms with van der Waals surface area (Å²) < 4.78 is 7.65. The Morgan fingerprint density at radius 3 is 1.17 bits per heavy atom. The zero-order valence-electron chi connectivity index (χ0n) is 41.2. The van der Waals surface area contributed by atoms with Crippen molar-refractivity contribution in [1.82, 2.24) is 9.13 Å². The maximum atomic E-state index is 2.54. The second kappa shape index (κ2) is 17.2. The van der Waals surface area contributed by atoms with Crippen LogP contribution in [0, 0.1) is 41.5 Å². The fourth-order valence-corrected chi connectivity index (χ4v) is 12.5. The van der Waals surface area contributed by atoms with Crippen molar-refractivity contribution >= 4 is 110 Å². The number of benzene rings is 8. The molecule has 0 atom stereocenters.